The monoisotopic (exact) mass is 269 g/mol. The van der Waals surface area contributed by atoms with Crippen LogP contribution in [0.1, 0.15) is 34.1 Å². The van der Waals surface area contributed by atoms with E-state index in [0.29, 0.717) is 12.1 Å². The van der Waals surface area contributed by atoms with Gasteiger partial charge in [-0.1, -0.05) is 11.6 Å². The summed E-state index contributed by atoms with van der Waals surface area (Å²) in [6.45, 7) is 10.8. The normalized spacial score (nSPS) is 11.6. The summed E-state index contributed by atoms with van der Waals surface area (Å²) in [6, 6.07) is 8.69. The van der Waals surface area contributed by atoms with Gasteiger partial charge in [-0.15, -0.1) is 0 Å². The van der Waals surface area contributed by atoms with Crippen LogP contribution in [0, 0.1) is 0 Å². The molecule has 0 radical (unpaired) electrons. The summed E-state index contributed by atoms with van der Waals surface area (Å²) in [7, 11) is 0. The number of hydrogen-bond donors (Lipinski definition) is 0. The maximum absolute atomic E-state index is 5.82. The van der Waals surface area contributed by atoms with E-state index in [1.807, 2.05) is 24.3 Å². The van der Waals surface area contributed by atoms with Gasteiger partial charge < -0.3 is 4.74 Å². The Bertz CT molecular complexity index is 327. The second kappa shape index (κ2) is 7.65. The van der Waals surface area contributed by atoms with Crippen LogP contribution in [-0.2, 0) is 0 Å². The second-order valence-corrected chi connectivity index (χ2v) is 5.52. The predicted octanol–water partition coefficient (Wildman–Crippen LogP) is 4.23. The van der Waals surface area contributed by atoms with Crippen molar-refractivity contribution in [2.24, 2.45) is 0 Å². The molecule has 0 spiro atoms. The van der Waals surface area contributed by atoms with Gasteiger partial charge in [0, 0.05) is 23.7 Å². The Morgan fingerprint density at radius 2 is 1.61 bits per heavy atom. The minimum absolute atomic E-state index is 0.584. The zero-order valence-corrected chi connectivity index (χ0v) is 12.6. The summed E-state index contributed by atoms with van der Waals surface area (Å²) < 4.78 is 5.69. The fourth-order valence-electron chi connectivity index (χ4n) is 2.08. The first-order valence-corrected chi connectivity index (χ1v) is 7.02. The van der Waals surface area contributed by atoms with Crippen LogP contribution in [0.25, 0.3) is 0 Å². The summed E-state index contributed by atoms with van der Waals surface area (Å²) in [5, 5.41) is 0.744. The second-order valence-electron chi connectivity index (χ2n) is 5.08. The van der Waals surface area contributed by atoms with Crippen molar-refractivity contribution in [3.8, 4) is 5.75 Å². The maximum Gasteiger partial charge on any atom is 0.119 e. The fourth-order valence-corrected chi connectivity index (χ4v) is 2.21. The molecule has 0 aliphatic rings. The van der Waals surface area contributed by atoms with Gasteiger partial charge in [-0.3, -0.25) is 4.90 Å². The highest BCUT2D eigenvalue weighted by Gasteiger charge is 2.12. The number of hydrogen-bond acceptors (Lipinski definition) is 2. The van der Waals surface area contributed by atoms with Gasteiger partial charge in [0.05, 0.1) is 6.61 Å². The van der Waals surface area contributed by atoms with Crippen LogP contribution >= 0.6 is 11.6 Å². The van der Waals surface area contributed by atoms with Gasteiger partial charge in [0.2, 0.25) is 0 Å². The first-order valence-electron chi connectivity index (χ1n) is 6.65. The summed E-state index contributed by atoms with van der Waals surface area (Å²) in [5.74, 6) is 0.889. The molecule has 0 atom stereocenters. The fraction of sp³-hybridized carbons (Fsp3) is 0.600. The van der Waals surface area contributed by atoms with Crippen molar-refractivity contribution in [2.75, 3.05) is 13.2 Å². The van der Waals surface area contributed by atoms with Crippen LogP contribution in [0.3, 0.4) is 0 Å². The Kier molecular flexibility index (Phi) is 6.51. The van der Waals surface area contributed by atoms with Crippen LogP contribution < -0.4 is 4.74 Å². The van der Waals surface area contributed by atoms with Crippen molar-refractivity contribution in [3.63, 3.8) is 0 Å². The van der Waals surface area contributed by atoms with E-state index in [0.717, 1.165) is 30.3 Å². The molecule has 0 amide bonds. The molecule has 1 aromatic carbocycles. The zero-order valence-electron chi connectivity index (χ0n) is 11.8. The largest absolute Gasteiger partial charge is 0.494 e. The van der Waals surface area contributed by atoms with Crippen molar-refractivity contribution >= 4 is 11.6 Å². The van der Waals surface area contributed by atoms with Crippen molar-refractivity contribution in [2.45, 2.75) is 46.2 Å². The molecule has 0 aromatic heterocycles. The average molecular weight is 270 g/mol. The highest BCUT2D eigenvalue weighted by atomic mass is 35.5. The molecule has 0 heterocycles. The highest BCUT2D eigenvalue weighted by Crippen LogP contribution is 2.15. The average Bonchev–Trinajstić information content (AvgIpc) is 2.30. The Morgan fingerprint density at radius 3 is 2.11 bits per heavy atom. The molecule has 0 saturated heterocycles. The topological polar surface area (TPSA) is 12.5 Å². The quantitative estimate of drug-likeness (QED) is 0.687. The lowest BCUT2D eigenvalue weighted by molar-refractivity contribution is 0.160. The van der Waals surface area contributed by atoms with Crippen molar-refractivity contribution < 1.29 is 4.74 Å². The predicted molar refractivity (Wildman–Crippen MR) is 78.5 cm³/mol. The van der Waals surface area contributed by atoms with Gasteiger partial charge >= 0.3 is 0 Å². The van der Waals surface area contributed by atoms with Crippen molar-refractivity contribution in [3.05, 3.63) is 29.3 Å². The number of ether oxygens (including phenoxy) is 1. The van der Waals surface area contributed by atoms with Crippen molar-refractivity contribution in [1.82, 2.24) is 4.90 Å². The number of nitrogens with zero attached hydrogens (tertiary/aromatic N) is 1. The maximum atomic E-state index is 5.82. The van der Waals surface area contributed by atoms with Crippen LogP contribution in [0.4, 0.5) is 0 Å². The minimum atomic E-state index is 0.584. The molecular formula is C15H24ClNO. The minimum Gasteiger partial charge on any atom is -0.494 e. The molecule has 18 heavy (non-hydrogen) atoms. The summed E-state index contributed by atoms with van der Waals surface area (Å²) in [5.41, 5.74) is 0. The SMILES string of the molecule is CC(C)N(CCCOc1ccc(Cl)cc1)C(C)C. The molecular weight excluding hydrogens is 246 g/mol. The first-order chi connectivity index (χ1) is 8.50. The Morgan fingerprint density at radius 1 is 1.06 bits per heavy atom. The third kappa shape index (κ3) is 5.28. The molecule has 0 aliphatic heterocycles. The van der Waals surface area contributed by atoms with E-state index >= 15 is 0 Å². The van der Waals surface area contributed by atoms with Gasteiger partial charge in [0.1, 0.15) is 5.75 Å². The van der Waals surface area contributed by atoms with Crippen molar-refractivity contribution in [1.29, 1.82) is 0 Å². The van der Waals surface area contributed by atoms with E-state index in [-0.39, 0.29) is 0 Å². The summed E-state index contributed by atoms with van der Waals surface area (Å²) in [4.78, 5) is 2.48. The van der Waals surface area contributed by atoms with Gasteiger partial charge in [0.15, 0.2) is 0 Å². The third-order valence-corrected chi connectivity index (χ3v) is 3.22. The van der Waals surface area contributed by atoms with E-state index < -0.39 is 0 Å². The van der Waals surface area contributed by atoms with E-state index in [4.69, 9.17) is 16.3 Å². The van der Waals surface area contributed by atoms with Gasteiger partial charge in [-0.05, 0) is 58.4 Å². The smallest absolute Gasteiger partial charge is 0.119 e. The van der Waals surface area contributed by atoms with Gasteiger partial charge in [-0.25, -0.2) is 0 Å². The summed E-state index contributed by atoms with van der Waals surface area (Å²) >= 11 is 5.82. The lowest BCUT2D eigenvalue weighted by Gasteiger charge is -2.30. The van der Waals surface area contributed by atoms with Crippen LogP contribution in [0.2, 0.25) is 5.02 Å². The molecule has 2 nitrogen and oxygen atoms in total. The molecule has 0 unspecified atom stereocenters. The number of benzene rings is 1. The molecule has 102 valence electrons. The molecule has 0 bridgehead atoms. The zero-order chi connectivity index (χ0) is 13.5. The standard InChI is InChI=1S/C15H24ClNO/c1-12(2)17(13(3)4)10-5-11-18-15-8-6-14(16)7-9-15/h6-9,12-13H,5,10-11H2,1-4H3. The molecule has 0 aliphatic carbocycles. The Hall–Kier alpha value is -0.730. The van der Waals surface area contributed by atoms with Crippen LogP contribution in [0.5, 0.6) is 5.75 Å². The van der Waals surface area contributed by atoms with Crippen LogP contribution in [-0.4, -0.2) is 30.1 Å². The first kappa shape index (κ1) is 15.3. The third-order valence-electron chi connectivity index (χ3n) is 2.97. The Balaban J connectivity index is 2.27. The number of rotatable bonds is 7. The van der Waals surface area contributed by atoms with Crippen LogP contribution in [0.15, 0.2) is 24.3 Å². The molecule has 1 aromatic rings. The van der Waals surface area contributed by atoms with E-state index in [9.17, 15) is 0 Å². The van der Waals surface area contributed by atoms with E-state index in [1.165, 1.54) is 0 Å². The molecule has 0 fully saturated rings. The van der Waals surface area contributed by atoms with Gasteiger partial charge in [-0.2, -0.15) is 0 Å². The van der Waals surface area contributed by atoms with Gasteiger partial charge in [0.25, 0.3) is 0 Å². The summed E-state index contributed by atoms with van der Waals surface area (Å²) in [6.07, 6.45) is 1.04. The lowest BCUT2D eigenvalue weighted by Crippen LogP contribution is -2.38. The Labute approximate surface area is 116 Å². The lowest BCUT2D eigenvalue weighted by atomic mass is 10.2. The molecule has 0 N–H and O–H groups in total. The molecule has 3 heteroatoms. The molecule has 1 rings (SSSR count). The van der Waals surface area contributed by atoms with E-state index in [2.05, 4.69) is 32.6 Å². The molecule has 0 saturated carbocycles. The highest BCUT2D eigenvalue weighted by molar-refractivity contribution is 6.30. The van der Waals surface area contributed by atoms with E-state index in [1.54, 1.807) is 0 Å². The number of halogens is 1.